The maximum Gasteiger partial charge on any atom is 0.263 e. The van der Waals surface area contributed by atoms with E-state index in [4.69, 9.17) is 4.74 Å². The standard InChI is InChI=1S/C19H21N3O4S/c1-14-6-4-7-15(12-14)26-13-18(23)20-10-5-11-21-19-16-8-2-3-9-17(16)27(24,25)22-19/h2-4,6-9,12H,5,10-11,13H2,1H3,(H,20,23)(H,21,22). The maximum atomic E-state index is 12.0. The topological polar surface area (TPSA) is 96.9 Å². The highest BCUT2D eigenvalue weighted by Gasteiger charge is 2.29. The van der Waals surface area contributed by atoms with Crippen LogP contribution in [0, 0.1) is 6.92 Å². The number of ether oxygens (including phenoxy) is 1. The smallest absolute Gasteiger partial charge is 0.263 e. The molecule has 0 unspecified atom stereocenters. The highest BCUT2D eigenvalue weighted by molar-refractivity contribution is 7.90. The predicted molar refractivity (Wildman–Crippen MR) is 102 cm³/mol. The second-order valence-corrected chi connectivity index (χ2v) is 7.79. The molecule has 2 aromatic rings. The first-order valence-electron chi connectivity index (χ1n) is 8.58. The lowest BCUT2D eigenvalue weighted by Gasteiger charge is -2.07. The fourth-order valence-corrected chi connectivity index (χ4v) is 3.91. The van der Waals surface area contributed by atoms with Gasteiger partial charge >= 0.3 is 0 Å². The van der Waals surface area contributed by atoms with Gasteiger partial charge in [-0.25, -0.2) is 8.42 Å². The molecule has 7 nitrogen and oxygen atoms in total. The molecule has 0 aliphatic carbocycles. The minimum atomic E-state index is -3.51. The number of benzene rings is 2. The Bertz CT molecular complexity index is 970. The van der Waals surface area contributed by atoms with E-state index in [9.17, 15) is 13.2 Å². The van der Waals surface area contributed by atoms with Gasteiger partial charge in [0, 0.05) is 18.7 Å². The summed E-state index contributed by atoms with van der Waals surface area (Å²) in [7, 11) is -3.51. The number of aliphatic imine (C=N–C) groups is 1. The average molecular weight is 387 g/mol. The van der Waals surface area contributed by atoms with Gasteiger partial charge in [0.25, 0.3) is 15.9 Å². The Morgan fingerprint density at radius 3 is 2.81 bits per heavy atom. The largest absolute Gasteiger partial charge is 0.484 e. The molecule has 0 spiro atoms. The molecule has 0 saturated heterocycles. The third-order valence-electron chi connectivity index (χ3n) is 3.95. The highest BCUT2D eigenvalue weighted by atomic mass is 32.2. The molecule has 0 aromatic heterocycles. The van der Waals surface area contributed by atoms with Crippen LogP contribution >= 0.6 is 0 Å². The number of amidine groups is 1. The number of carbonyl (C=O) groups excluding carboxylic acids is 1. The van der Waals surface area contributed by atoms with E-state index in [2.05, 4.69) is 15.0 Å². The molecule has 2 aromatic carbocycles. The Morgan fingerprint density at radius 2 is 2.00 bits per heavy atom. The number of hydrogen-bond acceptors (Lipinski definition) is 5. The Hall–Kier alpha value is -2.87. The van der Waals surface area contributed by atoms with E-state index in [0.717, 1.165) is 5.56 Å². The quantitative estimate of drug-likeness (QED) is 0.706. The van der Waals surface area contributed by atoms with Gasteiger partial charge in [-0.05, 0) is 43.2 Å². The van der Waals surface area contributed by atoms with E-state index in [1.54, 1.807) is 30.3 Å². The monoisotopic (exact) mass is 387 g/mol. The van der Waals surface area contributed by atoms with Crippen molar-refractivity contribution in [1.82, 2.24) is 10.0 Å². The van der Waals surface area contributed by atoms with E-state index < -0.39 is 10.0 Å². The van der Waals surface area contributed by atoms with E-state index in [1.165, 1.54) is 0 Å². The van der Waals surface area contributed by atoms with E-state index in [-0.39, 0.29) is 17.4 Å². The highest BCUT2D eigenvalue weighted by Crippen LogP contribution is 2.22. The van der Waals surface area contributed by atoms with Gasteiger partial charge in [-0.2, -0.15) is 0 Å². The van der Waals surface area contributed by atoms with Crippen LogP contribution in [0.25, 0.3) is 0 Å². The van der Waals surface area contributed by atoms with Crippen LogP contribution in [0.1, 0.15) is 17.5 Å². The number of hydrogen-bond donors (Lipinski definition) is 2. The van der Waals surface area contributed by atoms with Crippen LogP contribution in [0.3, 0.4) is 0 Å². The Balaban J connectivity index is 1.42. The van der Waals surface area contributed by atoms with Crippen molar-refractivity contribution in [3.8, 4) is 5.75 Å². The van der Waals surface area contributed by atoms with Crippen molar-refractivity contribution >= 4 is 21.8 Å². The van der Waals surface area contributed by atoms with Crippen molar-refractivity contribution in [1.29, 1.82) is 0 Å². The molecule has 142 valence electrons. The third-order valence-corrected chi connectivity index (χ3v) is 5.35. The lowest BCUT2D eigenvalue weighted by atomic mass is 10.2. The zero-order valence-electron chi connectivity index (χ0n) is 14.9. The van der Waals surface area contributed by atoms with Gasteiger partial charge in [0.1, 0.15) is 11.6 Å². The van der Waals surface area contributed by atoms with E-state index in [1.807, 2.05) is 25.1 Å². The van der Waals surface area contributed by atoms with Crippen molar-refractivity contribution in [3.05, 3.63) is 59.7 Å². The summed E-state index contributed by atoms with van der Waals surface area (Å²) in [5, 5.41) is 2.76. The molecule has 0 fully saturated rings. The molecule has 8 heteroatoms. The van der Waals surface area contributed by atoms with Crippen LogP contribution in [-0.2, 0) is 14.8 Å². The van der Waals surface area contributed by atoms with Crippen LogP contribution in [0.5, 0.6) is 5.75 Å². The van der Waals surface area contributed by atoms with E-state index in [0.29, 0.717) is 36.7 Å². The first-order valence-corrected chi connectivity index (χ1v) is 10.1. The zero-order valence-corrected chi connectivity index (χ0v) is 15.8. The van der Waals surface area contributed by atoms with Crippen LogP contribution in [0.4, 0.5) is 0 Å². The lowest BCUT2D eigenvalue weighted by molar-refractivity contribution is -0.123. The van der Waals surface area contributed by atoms with Crippen LogP contribution < -0.4 is 14.8 Å². The van der Waals surface area contributed by atoms with Gasteiger partial charge in [0.2, 0.25) is 0 Å². The molecular weight excluding hydrogens is 366 g/mol. The molecule has 0 atom stereocenters. The van der Waals surface area contributed by atoms with Crippen molar-refractivity contribution in [2.45, 2.75) is 18.2 Å². The van der Waals surface area contributed by atoms with Gasteiger partial charge in [-0.15, -0.1) is 0 Å². The molecule has 1 aliphatic rings. The van der Waals surface area contributed by atoms with Gasteiger partial charge < -0.3 is 10.1 Å². The number of aryl methyl sites for hydroxylation is 1. The van der Waals surface area contributed by atoms with Gasteiger partial charge in [0.15, 0.2) is 6.61 Å². The fourth-order valence-electron chi connectivity index (χ4n) is 2.65. The van der Waals surface area contributed by atoms with Crippen molar-refractivity contribution < 1.29 is 17.9 Å². The Kier molecular flexibility index (Phi) is 5.75. The predicted octanol–water partition coefficient (Wildman–Crippen LogP) is 1.62. The van der Waals surface area contributed by atoms with Crippen LogP contribution in [0.2, 0.25) is 0 Å². The first kappa shape index (κ1) is 18.9. The first-order chi connectivity index (χ1) is 13.0. The Labute approximate surface area is 158 Å². The molecular formula is C19H21N3O4S. The second-order valence-electron chi connectivity index (χ2n) is 6.14. The number of carbonyl (C=O) groups is 1. The zero-order chi connectivity index (χ0) is 19.3. The van der Waals surface area contributed by atoms with Crippen LogP contribution in [-0.4, -0.2) is 39.9 Å². The molecule has 1 heterocycles. The summed E-state index contributed by atoms with van der Waals surface area (Å²) >= 11 is 0. The summed E-state index contributed by atoms with van der Waals surface area (Å²) in [6, 6.07) is 14.2. The Morgan fingerprint density at radius 1 is 1.19 bits per heavy atom. The van der Waals surface area contributed by atoms with Gasteiger partial charge in [-0.3, -0.25) is 14.5 Å². The van der Waals surface area contributed by atoms with Gasteiger partial charge in [0.05, 0.1) is 4.90 Å². The summed E-state index contributed by atoms with van der Waals surface area (Å²) in [5.41, 5.74) is 1.64. The molecule has 1 aliphatic heterocycles. The molecule has 0 bridgehead atoms. The minimum Gasteiger partial charge on any atom is -0.484 e. The fraction of sp³-hybridized carbons (Fsp3) is 0.263. The van der Waals surface area contributed by atoms with Crippen LogP contribution in [0.15, 0.2) is 58.4 Å². The normalized spacial score (nSPS) is 15.8. The number of nitrogens with zero attached hydrogens (tertiary/aromatic N) is 1. The maximum absolute atomic E-state index is 12.0. The molecule has 3 rings (SSSR count). The molecule has 0 radical (unpaired) electrons. The summed E-state index contributed by atoms with van der Waals surface area (Å²) in [6.45, 7) is 2.73. The second kappa shape index (κ2) is 8.22. The van der Waals surface area contributed by atoms with Crippen molar-refractivity contribution in [3.63, 3.8) is 0 Å². The number of nitrogens with one attached hydrogen (secondary N) is 2. The number of rotatable bonds is 7. The number of fused-ring (bicyclic) bond motifs is 1. The summed E-state index contributed by atoms with van der Waals surface area (Å²) in [5.74, 6) is 0.791. The van der Waals surface area contributed by atoms with Gasteiger partial charge in [-0.1, -0.05) is 24.3 Å². The average Bonchev–Trinajstić information content (AvgIpc) is 2.91. The summed E-state index contributed by atoms with van der Waals surface area (Å²) in [6.07, 6.45) is 0.587. The summed E-state index contributed by atoms with van der Waals surface area (Å²) < 4.78 is 31.9. The molecule has 1 amide bonds. The molecule has 27 heavy (non-hydrogen) atoms. The van der Waals surface area contributed by atoms with Crippen molar-refractivity contribution in [2.24, 2.45) is 4.99 Å². The van der Waals surface area contributed by atoms with E-state index >= 15 is 0 Å². The lowest BCUT2D eigenvalue weighted by Crippen LogP contribution is -2.30. The number of sulfonamides is 1. The summed E-state index contributed by atoms with van der Waals surface area (Å²) in [4.78, 5) is 16.4. The number of amides is 1. The SMILES string of the molecule is Cc1cccc(OCC(=O)NCCCN=C2NS(=O)(=O)c3ccccc32)c1. The molecule has 2 N–H and O–H groups in total. The third kappa shape index (κ3) is 4.85. The minimum absolute atomic E-state index is 0.0505. The van der Waals surface area contributed by atoms with Crippen molar-refractivity contribution in [2.75, 3.05) is 19.7 Å². The molecule has 0 saturated carbocycles.